The molecule has 3 atom stereocenters. The number of Topliss-reactive ketones (excluding diaryl/α,β-unsaturated/α-hetero) is 1. The predicted octanol–water partition coefficient (Wildman–Crippen LogP) is 4.01. The average molecular weight is 411 g/mol. The van der Waals surface area contributed by atoms with Gasteiger partial charge in [0.1, 0.15) is 6.07 Å². The molecular weight excluding hydrogens is 384 g/mol. The van der Waals surface area contributed by atoms with Crippen molar-refractivity contribution in [3.8, 4) is 17.3 Å². The van der Waals surface area contributed by atoms with Gasteiger partial charge in [0.15, 0.2) is 11.6 Å². The maximum Gasteiger partial charge on any atom is 0.176 e. The molecule has 5 nitrogen and oxygen atoms in total. The fraction of sp³-hybridized carbons (Fsp3) is 0.385. The zero-order valence-corrected chi connectivity index (χ0v) is 18.0. The first-order valence-corrected chi connectivity index (χ1v) is 11.1. The highest BCUT2D eigenvalue weighted by Crippen LogP contribution is 2.50. The van der Waals surface area contributed by atoms with Crippen LogP contribution in [0.1, 0.15) is 43.8 Å². The lowest BCUT2D eigenvalue weighted by Crippen LogP contribution is -2.46. The third-order valence-corrected chi connectivity index (χ3v) is 7.20. The van der Waals surface area contributed by atoms with Crippen LogP contribution in [0.15, 0.2) is 48.1 Å². The minimum Gasteiger partial charge on any atom is -0.312 e. The molecule has 0 amide bonds. The maximum absolute atomic E-state index is 12.7. The summed E-state index contributed by atoms with van der Waals surface area (Å²) in [6, 6.07) is 12.4. The third kappa shape index (κ3) is 3.14. The maximum atomic E-state index is 12.7. The van der Waals surface area contributed by atoms with Crippen molar-refractivity contribution in [1.82, 2.24) is 15.3 Å². The number of nitriles is 1. The Kier molecular flexibility index (Phi) is 4.83. The summed E-state index contributed by atoms with van der Waals surface area (Å²) in [5.74, 6) is 0.662. The molecule has 2 aliphatic carbocycles. The highest BCUT2D eigenvalue weighted by atomic mass is 16.1. The largest absolute Gasteiger partial charge is 0.312 e. The summed E-state index contributed by atoms with van der Waals surface area (Å²) in [5.41, 5.74) is 5.09. The number of allylic oxidation sites excluding steroid dienone is 2. The van der Waals surface area contributed by atoms with Crippen LogP contribution in [0.25, 0.3) is 16.8 Å². The Hall–Kier alpha value is -3.10. The molecule has 5 rings (SSSR count). The van der Waals surface area contributed by atoms with Gasteiger partial charge in [0.25, 0.3) is 0 Å². The molecule has 1 N–H and O–H groups in total. The number of carbonyl (C=O) groups excluding carboxylic acids is 1. The van der Waals surface area contributed by atoms with Gasteiger partial charge in [-0.2, -0.15) is 5.26 Å². The Morgan fingerprint density at radius 1 is 1.23 bits per heavy atom. The molecular formula is C26H26N4O. The number of benzene rings is 1. The molecule has 1 aromatic carbocycles. The van der Waals surface area contributed by atoms with Gasteiger partial charge < -0.3 is 5.32 Å². The third-order valence-electron chi connectivity index (χ3n) is 7.20. The second kappa shape index (κ2) is 7.55. The number of nitrogens with zero attached hydrogens (tertiary/aromatic N) is 3. The molecule has 0 spiro atoms. The van der Waals surface area contributed by atoms with Crippen molar-refractivity contribution in [2.45, 2.75) is 38.5 Å². The smallest absolute Gasteiger partial charge is 0.176 e. The van der Waals surface area contributed by atoms with E-state index in [-0.39, 0.29) is 23.2 Å². The summed E-state index contributed by atoms with van der Waals surface area (Å²) in [6.07, 6.45) is 6.79. The normalized spacial score (nSPS) is 27.5. The summed E-state index contributed by atoms with van der Waals surface area (Å²) in [6.45, 7) is 5.83. The average Bonchev–Trinajstić information content (AvgIpc) is 2.82. The Morgan fingerprint density at radius 3 is 2.74 bits per heavy atom. The quantitative estimate of drug-likeness (QED) is 0.809. The lowest BCUT2D eigenvalue weighted by atomic mass is 9.57. The summed E-state index contributed by atoms with van der Waals surface area (Å²) in [7, 11) is 0. The van der Waals surface area contributed by atoms with E-state index in [1.807, 2.05) is 31.2 Å². The molecule has 2 aromatic rings. The van der Waals surface area contributed by atoms with E-state index < -0.39 is 5.41 Å². The van der Waals surface area contributed by atoms with Gasteiger partial charge >= 0.3 is 0 Å². The molecule has 2 heterocycles. The van der Waals surface area contributed by atoms with Gasteiger partial charge in [-0.1, -0.05) is 56.3 Å². The molecule has 5 heteroatoms. The number of fused-ring (bicyclic) bond motifs is 3. The van der Waals surface area contributed by atoms with E-state index in [1.54, 1.807) is 0 Å². The van der Waals surface area contributed by atoms with Crippen LogP contribution >= 0.6 is 0 Å². The molecule has 156 valence electrons. The van der Waals surface area contributed by atoms with E-state index in [4.69, 9.17) is 9.97 Å². The first-order chi connectivity index (χ1) is 15.0. The molecule has 0 radical (unpaired) electrons. The van der Waals surface area contributed by atoms with E-state index in [9.17, 15) is 10.1 Å². The van der Waals surface area contributed by atoms with Crippen LogP contribution in [0.5, 0.6) is 0 Å². The van der Waals surface area contributed by atoms with Crippen LogP contribution in [0.4, 0.5) is 0 Å². The van der Waals surface area contributed by atoms with Crippen molar-refractivity contribution in [2.75, 3.05) is 13.1 Å². The van der Waals surface area contributed by atoms with E-state index in [1.165, 1.54) is 0 Å². The molecule has 0 saturated heterocycles. The topological polar surface area (TPSA) is 78.7 Å². The first-order valence-electron chi connectivity index (χ1n) is 11.1. The zero-order chi connectivity index (χ0) is 21.6. The van der Waals surface area contributed by atoms with Crippen molar-refractivity contribution in [2.24, 2.45) is 11.8 Å². The van der Waals surface area contributed by atoms with Crippen LogP contribution in [0.2, 0.25) is 0 Å². The number of ketones is 1. The second-order valence-corrected chi connectivity index (χ2v) is 9.03. The Balaban J connectivity index is 1.78. The molecule has 1 aromatic heterocycles. The molecule has 3 unspecified atom stereocenters. The number of nitrogens with one attached hydrogen (secondary N) is 1. The van der Waals surface area contributed by atoms with Gasteiger partial charge in [0.05, 0.1) is 17.0 Å². The van der Waals surface area contributed by atoms with Gasteiger partial charge in [-0.3, -0.25) is 4.79 Å². The van der Waals surface area contributed by atoms with E-state index in [0.29, 0.717) is 0 Å². The summed E-state index contributed by atoms with van der Waals surface area (Å²) in [5, 5.41) is 13.1. The second-order valence-electron chi connectivity index (χ2n) is 9.03. The number of aromatic nitrogens is 2. The molecule has 31 heavy (non-hydrogen) atoms. The fourth-order valence-electron chi connectivity index (χ4n) is 5.57. The van der Waals surface area contributed by atoms with Crippen LogP contribution in [0.3, 0.4) is 0 Å². The number of hydrogen-bond donors (Lipinski definition) is 1. The lowest BCUT2D eigenvalue weighted by molar-refractivity contribution is -0.121. The van der Waals surface area contributed by atoms with Gasteiger partial charge in [-0.15, -0.1) is 0 Å². The van der Waals surface area contributed by atoms with Crippen LogP contribution in [0, 0.1) is 23.2 Å². The monoisotopic (exact) mass is 410 g/mol. The Bertz CT molecular complexity index is 1160. The van der Waals surface area contributed by atoms with E-state index in [2.05, 4.69) is 36.5 Å². The van der Waals surface area contributed by atoms with E-state index >= 15 is 0 Å². The van der Waals surface area contributed by atoms with Gasteiger partial charge in [0.2, 0.25) is 0 Å². The van der Waals surface area contributed by atoms with Crippen molar-refractivity contribution in [1.29, 1.82) is 5.26 Å². The standard InChI is InChI=1S/C26H26N4O/c1-16-21-11-10-20-22(17-7-4-3-5-8-17)29-25(18-9-6-12-28-15-18)30-24(20)26(21,2)13-19(14-27)23(16)31/h3-5,7-9,13,16,21,28H,6,10-12,15H2,1-2H3. The van der Waals surface area contributed by atoms with Crippen molar-refractivity contribution in [3.63, 3.8) is 0 Å². The highest BCUT2D eigenvalue weighted by Gasteiger charge is 2.49. The highest BCUT2D eigenvalue weighted by molar-refractivity contribution is 6.02. The van der Waals surface area contributed by atoms with Crippen molar-refractivity contribution in [3.05, 3.63) is 65.1 Å². The predicted molar refractivity (Wildman–Crippen MR) is 120 cm³/mol. The van der Waals surface area contributed by atoms with Gasteiger partial charge in [-0.25, -0.2) is 9.97 Å². The molecule has 3 aliphatic rings. The Morgan fingerprint density at radius 2 is 2.03 bits per heavy atom. The van der Waals surface area contributed by atoms with Crippen molar-refractivity contribution >= 4 is 11.4 Å². The molecule has 0 fully saturated rings. The first kappa shape index (κ1) is 19.8. The van der Waals surface area contributed by atoms with Crippen LogP contribution in [-0.4, -0.2) is 28.8 Å². The summed E-state index contributed by atoms with van der Waals surface area (Å²) >= 11 is 0. The molecule has 0 bridgehead atoms. The summed E-state index contributed by atoms with van der Waals surface area (Å²) < 4.78 is 0. The van der Waals surface area contributed by atoms with E-state index in [0.717, 1.165) is 66.3 Å². The minimum absolute atomic E-state index is 0.0369. The van der Waals surface area contributed by atoms with Crippen LogP contribution < -0.4 is 5.32 Å². The van der Waals surface area contributed by atoms with Gasteiger partial charge in [0, 0.05) is 34.6 Å². The molecule has 1 aliphatic heterocycles. The summed E-state index contributed by atoms with van der Waals surface area (Å²) in [4.78, 5) is 22.9. The number of hydrogen-bond acceptors (Lipinski definition) is 5. The SMILES string of the molecule is CC1C(=O)C(C#N)=CC2(C)c3nc(C4=CCCNC4)nc(-c4ccccc4)c3CCC12. The Labute approximate surface area is 182 Å². The van der Waals surface area contributed by atoms with Crippen LogP contribution in [-0.2, 0) is 16.6 Å². The minimum atomic E-state index is -0.462. The zero-order valence-electron chi connectivity index (χ0n) is 18.0. The van der Waals surface area contributed by atoms with Gasteiger partial charge in [-0.05, 0) is 31.7 Å². The fourth-order valence-corrected chi connectivity index (χ4v) is 5.57. The lowest BCUT2D eigenvalue weighted by Gasteiger charge is -2.45. The number of rotatable bonds is 2. The van der Waals surface area contributed by atoms with Crippen molar-refractivity contribution < 1.29 is 4.79 Å². The molecule has 0 saturated carbocycles. The number of carbonyl (C=O) groups is 1.